The molecule has 0 fully saturated rings. The summed E-state index contributed by atoms with van der Waals surface area (Å²) >= 11 is 0. The zero-order valence-electron chi connectivity index (χ0n) is 10.4. The maximum absolute atomic E-state index is 12.7. The first-order chi connectivity index (χ1) is 9.19. The Kier molecular flexibility index (Phi) is 4.06. The summed E-state index contributed by atoms with van der Waals surface area (Å²) in [4.78, 5) is 4.63. The van der Waals surface area contributed by atoms with Gasteiger partial charge in [0.25, 0.3) is 0 Å². The quantitative estimate of drug-likeness (QED) is 0.811. The number of hydrogen-bond acceptors (Lipinski definition) is 3. The van der Waals surface area contributed by atoms with Gasteiger partial charge in [0.1, 0.15) is 0 Å². The molecule has 3 nitrogen and oxygen atoms in total. The molecule has 0 aliphatic carbocycles. The minimum atomic E-state index is -3.54. The van der Waals surface area contributed by atoms with Gasteiger partial charge in [-0.1, -0.05) is 48.5 Å². The van der Waals surface area contributed by atoms with Gasteiger partial charge in [-0.15, -0.1) is 12.4 Å². The van der Waals surface area contributed by atoms with Gasteiger partial charge < -0.3 is 0 Å². The number of nitrogens with zero attached hydrogens (tertiary/aromatic N) is 1. The van der Waals surface area contributed by atoms with Crippen molar-refractivity contribution in [1.82, 2.24) is 0 Å². The molecule has 0 atom stereocenters. The van der Waals surface area contributed by atoms with Crippen molar-refractivity contribution < 1.29 is 8.42 Å². The summed E-state index contributed by atoms with van der Waals surface area (Å²) in [5.74, 6) is 0. The van der Waals surface area contributed by atoms with E-state index in [2.05, 4.69) is 4.99 Å². The van der Waals surface area contributed by atoms with Crippen LogP contribution >= 0.6 is 12.4 Å². The molecule has 0 bridgehead atoms. The van der Waals surface area contributed by atoms with Crippen LogP contribution < -0.4 is 0 Å². The zero-order chi connectivity index (χ0) is 13.3. The molecule has 0 unspecified atom stereocenters. The monoisotopic (exact) mass is 305 g/mol. The molecule has 1 aliphatic heterocycles. The minimum absolute atomic E-state index is 0. The SMILES string of the molecule is Cl.O=S1(=O)C(c2ccccc2)=CN=Cc2ccccc21. The van der Waals surface area contributed by atoms with Crippen LogP contribution in [0.15, 0.2) is 70.7 Å². The predicted octanol–water partition coefficient (Wildman–Crippen LogP) is 3.31. The van der Waals surface area contributed by atoms with Crippen molar-refractivity contribution >= 4 is 33.4 Å². The Bertz CT molecular complexity index is 781. The maximum Gasteiger partial charge on any atom is 0.209 e. The Morgan fingerprint density at radius 1 is 0.850 bits per heavy atom. The first-order valence-corrected chi connectivity index (χ1v) is 7.31. The minimum Gasteiger partial charge on any atom is -0.263 e. The molecule has 20 heavy (non-hydrogen) atoms. The van der Waals surface area contributed by atoms with Crippen LogP contribution in [0.25, 0.3) is 4.91 Å². The number of sulfone groups is 1. The Morgan fingerprint density at radius 2 is 1.50 bits per heavy atom. The molecule has 0 saturated carbocycles. The highest BCUT2D eigenvalue weighted by Gasteiger charge is 2.25. The molecule has 5 heteroatoms. The van der Waals surface area contributed by atoms with E-state index in [-0.39, 0.29) is 17.3 Å². The fourth-order valence-corrected chi connectivity index (χ4v) is 3.61. The number of benzene rings is 2. The van der Waals surface area contributed by atoms with Gasteiger partial charge in [-0.05, 0) is 11.6 Å². The average Bonchev–Trinajstić information content (AvgIpc) is 2.57. The molecule has 102 valence electrons. The Hall–Kier alpha value is -1.91. The van der Waals surface area contributed by atoms with E-state index < -0.39 is 9.84 Å². The van der Waals surface area contributed by atoms with Gasteiger partial charge in [0.05, 0.1) is 9.80 Å². The summed E-state index contributed by atoms with van der Waals surface area (Å²) in [5.41, 5.74) is 1.26. The third-order valence-corrected chi connectivity index (χ3v) is 4.83. The summed E-state index contributed by atoms with van der Waals surface area (Å²) in [5, 5.41) is 0. The number of rotatable bonds is 1. The molecule has 0 aromatic heterocycles. The van der Waals surface area contributed by atoms with Gasteiger partial charge in [0.2, 0.25) is 9.84 Å². The lowest BCUT2D eigenvalue weighted by Crippen LogP contribution is -2.05. The smallest absolute Gasteiger partial charge is 0.209 e. The van der Waals surface area contributed by atoms with Crippen LogP contribution in [0.2, 0.25) is 0 Å². The van der Waals surface area contributed by atoms with E-state index in [9.17, 15) is 8.42 Å². The summed E-state index contributed by atoms with van der Waals surface area (Å²) < 4.78 is 25.4. The largest absolute Gasteiger partial charge is 0.263 e. The van der Waals surface area contributed by atoms with Crippen molar-refractivity contribution in [2.45, 2.75) is 4.90 Å². The van der Waals surface area contributed by atoms with E-state index in [1.54, 1.807) is 42.6 Å². The molecule has 2 aromatic carbocycles. The summed E-state index contributed by atoms with van der Waals surface area (Å²) in [6.45, 7) is 0. The lowest BCUT2D eigenvalue weighted by Gasteiger charge is -2.08. The van der Waals surface area contributed by atoms with E-state index in [4.69, 9.17) is 0 Å². The molecule has 1 heterocycles. The van der Waals surface area contributed by atoms with Crippen molar-refractivity contribution in [3.05, 3.63) is 71.9 Å². The maximum atomic E-state index is 12.7. The predicted molar refractivity (Wildman–Crippen MR) is 82.9 cm³/mol. The van der Waals surface area contributed by atoms with Gasteiger partial charge >= 0.3 is 0 Å². The van der Waals surface area contributed by atoms with Crippen molar-refractivity contribution in [2.75, 3.05) is 0 Å². The van der Waals surface area contributed by atoms with Gasteiger partial charge in [0, 0.05) is 18.0 Å². The topological polar surface area (TPSA) is 46.5 Å². The molecule has 0 amide bonds. The van der Waals surface area contributed by atoms with Gasteiger partial charge in [0.15, 0.2) is 0 Å². The normalized spacial score (nSPS) is 15.5. The second kappa shape index (κ2) is 5.61. The highest BCUT2D eigenvalue weighted by Crippen LogP contribution is 2.31. The molecule has 2 aromatic rings. The van der Waals surface area contributed by atoms with Crippen LogP contribution in [-0.2, 0) is 9.84 Å². The van der Waals surface area contributed by atoms with Crippen LogP contribution in [0.4, 0.5) is 0 Å². The number of aliphatic imine (C=N–C) groups is 1. The second-order valence-corrected chi connectivity index (χ2v) is 6.07. The van der Waals surface area contributed by atoms with Crippen molar-refractivity contribution in [3.8, 4) is 0 Å². The van der Waals surface area contributed by atoms with Crippen molar-refractivity contribution in [2.24, 2.45) is 4.99 Å². The van der Waals surface area contributed by atoms with Crippen molar-refractivity contribution in [1.29, 1.82) is 0 Å². The van der Waals surface area contributed by atoms with Crippen LogP contribution in [0.1, 0.15) is 11.1 Å². The Balaban J connectivity index is 0.00000147. The van der Waals surface area contributed by atoms with E-state index in [1.165, 1.54) is 6.20 Å². The fourth-order valence-electron chi connectivity index (χ4n) is 2.04. The third-order valence-electron chi connectivity index (χ3n) is 2.96. The van der Waals surface area contributed by atoms with E-state index in [0.717, 1.165) is 0 Å². The highest BCUT2D eigenvalue weighted by atomic mass is 35.5. The molecule has 0 N–H and O–H groups in total. The molecule has 0 spiro atoms. The standard InChI is InChI=1S/C15H11NO2S.ClH/c17-19(18)14-9-5-4-8-13(14)10-16-11-15(19)12-6-2-1-3-7-12;/h1-11H;1H. The first kappa shape index (κ1) is 14.5. The lowest BCUT2D eigenvalue weighted by atomic mass is 10.2. The highest BCUT2D eigenvalue weighted by molar-refractivity contribution is 8.00. The van der Waals surface area contributed by atoms with E-state index in [1.807, 2.05) is 18.2 Å². The molecular weight excluding hydrogens is 294 g/mol. The summed E-state index contributed by atoms with van der Waals surface area (Å²) in [6, 6.07) is 15.9. The molecule has 3 rings (SSSR count). The van der Waals surface area contributed by atoms with E-state index in [0.29, 0.717) is 16.0 Å². The zero-order valence-corrected chi connectivity index (χ0v) is 12.1. The third kappa shape index (κ3) is 2.40. The number of halogens is 1. The molecular formula is C15H12ClNO2S. The van der Waals surface area contributed by atoms with Crippen LogP contribution in [0.3, 0.4) is 0 Å². The summed E-state index contributed by atoms with van der Waals surface area (Å²) in [7, 11) is -3.54. The van der Waals surface area contributed by atoms with Gasteiger partial charge in [-0.2, -0.15) is 0 Å². The van der Waals surface area contributed by atoms with Crippen LogP contribution in [-0.4, -0.2) is 14.6 Å². The number of fused-ring (bicyclic) bond motifs is 1. The molecule has 1 aliphatic rings. The van der Waals surface area contributed by atoms with Crippen LogP contribution in [0.5, 0.6) is 0 Å². The second-order valence-electron chi connectivity index (χ2n) is 4.18. The molecule has 0 radical (unpaired) electrons. The van der Waals surface area contributed by atoms with Crippen LogP contribution in [0, 0.1) is 0 Å². The molecule has 0 saturated heterocycles. The average molecular weight is 306 g/mol. The lowest BCUT2D eigenvalue weighted by molar-refractivity contribution is 0.606. The Morgan fingerprint density at radius 3 is 2.25 bits per heavy atom. The fraction of sp³-hybridized carbons (Fsp3) is 0. The van der Waals surface area contributed by atoms with Gasteiger partial charge in [-0.3, -0.25) is 4.99 Å². The van der Waals surface area contributed by atoms with Crippen molar-refractivity contribution in [3.63, 3.8) is 0 Å². The summed E-state index contributed by atoms with van der Waals surface area (Å²) in [6.07, 6.45) is 2.98. The number of hydrogen-bond donors (Lipinski definition) is 0. The van der Waals surface area contributed by atoms with E-state index >= 15 is 0 Å². The Labute approximate surface area is 124 Å². The van der Waals surface area contributed by atoms with Gasteiger partial charge in [-0.25, -0.2) is 8.42 Å². The first-order valence-electron chi connectivity index (χ1n) is 5.82.